The Bertz CT molecular complexity index is 919. The molecule has 0 atom stereocenters. The van der Waals surface area contributed by atoms with E-state index in [1.807, 2.05) is 24.3 Å². The Morgan fingerprint density at radius 1 is 1.24 bits per heavy atom. The average Bonchev–Trinajstić information content (AvgIpc) is 2.96. The molecule has 8 heteroatoms. The van der Waals surface area contributed by atoms with E-state index in [0.29, 0.717) is 5.75 Å². The van der Waals surface area contributed by atoms with E-state index in [4.69, 9.17) is 9.47 Å². The summed E-state index contributed by atoms with van der Waals surface area (Å²) in [6.07, 6.45) is 1.58. The fourth-order valence-electron chi connectivity index (χ4n) is 2.22. The van der Waals surface area contributed by atoms with Gasteiger partial charge in [-0.1, -0.05) is 28.1 Å². The lowest BCUT2D eigenvalue weighted by molar-refractivity contribution is -0.384. The van der Waals surface area contributed by atoms with Crippen LogP contribution in [0.4, 0.5) is 5.69 Å². The Hall–Kier alpha value is -3.00. The fourth-order valence-corrected chi connectivity index (χ4v) is 2.48. The van der Waals surface area contributed by atoms with Crippen molar-refractivity contribution in [2.75, 3.05) is 7.11 Å². The summed E-state index contributed by atoms with van der Waals surface area (Å²) in [7, 11) is 1.42. The number of hydrogen-bond acceptors (Lipinski definition) is 6. The highest BCUT2D eigenvalue weighted by Crippen LogP contribution is 2.28. The second-order valence-electron chi connectivity index (χ2n) is 5.03. The number of nitrogens with zero attached hydrogens (tertiary/aromatic N) is 2. The summed E-state index contributed by atoms with van der Waals surface area (Å²) in [5.41, 5.74) is 0.959. The van der Waals surface area contributed by atoms with Crippen LogP contribution in [0.1, 0.15) is 11.1 Å². The lowest BCUT2D eigenvalue weighted by Crippen LogP contribution is -2.07. The van der Waals surface area contributed by atoms with Gasteiger partial charge in [0.05, 0.1) is 17.6 Å². The first-order chi connectivity index (χ1) is 12.0. The number of carbonyl (C=O) groups is 1. The van der Waals surface area contributed by atoms with Crippen molar-refractivity contribution in [2.45, 2.75) is 0 Å². The van der Waals surface area contributed by atoms with E-state index >= 15 is 0 Å². The van der Waals surface area contributed by atoms with E-state index < -0.39 is 10.9 Å². The van der Waals surface area contributed by atoms with Crippen molar-refractivity contribution in [3.8, 4) is 5.75 Å². The fraction of sp³-hybridized carbons (Fsp3) is 0.0588. The lowest BCUT2D eigenvalue weighted by Gasteiger charge is -2.06. The minimum absolute atomic E-state index is 0.0334. The number of benzene rings is 2. The second-order valence-corrected chi connectivity index (χ2v) is 5.94. The van der Waals surface area contributed by atoms with Crippen LogP contribution in [0.2, 0.25) is 0 Å². The molecule has 0 radical (unpaired) electrons. The molecule has 1 heterocycles. The molecule has 1 aliphatic heterocycles. The zero-order valence-corrected chi connectivity index (χ0v) is 14.5. The summed E-state index contributed by atoms with van der Waals surface area (Å²) in [5, 5.41) is 11.0. The molecule has 0 N–H and O–H groups in total. The summed E-state index contributed by atoms with van der Waals surface area (Å²) < 4.78 is 11.3. The third-order valence-electron chi connectivity index (χ3n) is 3.42. The van der Waals surface area contributed by atoms with E-state index in [1.165, 1.54) is 25.3 Å². The Balaban J connectivity index is 2.01. The van der Waals surface area contributed by atoms with E-state index in [-0.39, 0.29) is 22.8 Å². The highest BCUT2D eigenvalue weighted by atomic mass is 79.9. The van der Waals surface area contributed by atoms with Gasteiger partial charge in [-0.3, -0.25) is 10.1 Å². The van der Waals surface area contributed by atoms with Gasteiger partial charge in [0.25, 0.3) is 5.69 Å². The molecule has 0 saturated heterocycles. The minimum atomic E-state index is -0.633. The first-order valence-electron chi connectivity index (χ1n) is 7.09. The zero-order chi connectivity index (χ0) is 18.0. The van der Waals surface area contributed by atoms with Gasteiger partial charge in [0.15, 0.2) is 5.70 Å². The minimum Gasteiger partial charge on any atom is -0.496 e. The standard InChI is InChI=1S/C17H11BrN2O5/c1-24-15-7-6-12(20(22)23)9-13(15)16-19-14(17(21)25-16)8-10-2-4-11(18)5-3-10/h2-9H,1H3/b14-8+. The van der Waals surface area contributed by atoms with Crippen molar-refractivity contribution in [3.63, 3.8) is 0 Å². The first kappa shape index (κ1) is 16.8. The molecule has 2 aromatic rings. The van der Waals surface area contributed by atoms with Gasteiger partial charge in [-0.25, -0.2) is 9.79 Å². The largest absolute Gasteiger partial charge is 0.496 e. The topological polar surface area (TPSA) is 91.0 Å². The van der Waals surface area contributed by atoms with E-state index in [0.717, 1.165) is 10.0 Å². The SMILES string of the molecule is COc1ccc([N+](=O)[O-])cc1C1=N/C(=C/c2ccc(Br)cc2)C(=O)O1. The number of nitro benzene ring substituents is 1. The predicted octanol–water partition coefficient (Wildman–Crippen LogP) is 3.71. The molecule has 0 aliphatic carbocycles. The van der Waals surface area contributed by atoms with Crippen LogP contribution in [0, 0.1) is 10.1 Å². The Kier molecular flexibility index (Phi) is 4.62. The Morgan fingerprint density at radius 3 is 2.60 bits per heavy atom. The van der Waals surface area contributed by atoms with Crippen molar-refractivity contribution in [1.29, 1.82) is 0 Å². The number of nitro groups is 1. The number of methoxy groups -OCH3 is 1. The molecule has 3 rings (SSSR count). The summed E-state index contributed by atoms with van der Waals surface area (Å²) in [6.45, 7) is 0. The summed E-state index contributed by atoms with van der Waals surface area (Å²) in [4.78, 5) is 26.6. The molecule has 0 fully saturated rings. The number of hydrogen-bond donors (Lipinski definition) is 0. The molecular formula is C17H11BrN2O5. The number of non-ortho nitro benzene ring substituents is 1. The van der Waals surface area contributed by atoms with Crippen LogP contribution in [-0.2, 0) is 9.53 Å². The maximum atomic E-state index is 12.1. The molecule has 0 aromatic heterocycles. The third kappa shape index (κ3) is 3.58. The Morgan fingerprint density at radius 2 is 1.96 bits per heavy atom. The second kappa shape index (κ2) is 6.86. The zero-order valence-electron chi connectivity index (χ0n) is 12.9. The molecule has 0 spiro atoms. The number of carbonyl (C=O) groups excluding carboxylic acids is 1. The number of halogens is 1. The molecule has 1 aliphatic rings. The number of esters is 1. The van der Waals surface area contributed by atoms with Crippen molar-refractivity contribution in [3.05, 3.63) is 73.9 Å². The smallest absolute Gasteiger partial charge is 0.363 e. The highest BCUT2D eigenvalue weighted by molar-refractivity contribution is 9.10. The average molecular weight is 403 g/mol. The molecular weight excluding hydrogens is 392 g/mol. The molecule has 0 amide bonds. The van der Waals surface area contributed by atoms with Crippen LogP contribution in [0.5, 0.6) is 5.75 Å². The maximum absolute atomic E-state index is 12.1. The number of ether oxygens (including phenoxy) is 2. The van der Waals surface area contributed by atoms with Gasteiger partial charge in [0.1, 0.15) is 5.75 Å². The molecule has 2 aromatic carbocycles. The van der Waals surface area contributed by atoms with E-state index in [9.17, 15) is 14.9 Å². The molecule has 0 unspecified atom stereocenters. The maximum Gasteiger partial charge on any atom is 0.363 e. The quantitative estimate of drug-likeness (QED) is 0.336. The summed E-state index contributed by atoms with van der Waals surface area (Å²) in [5.74, 6) is -0.345. The van der Waals surface area contributed by atoms with Crippen molar-refractivity contribution in [2.24, 2.45) is 4.99 Å². The van der Waals surface area contributed by atoms with Gasteiger partial charge in [0.2, 0.25) is 5.90 Å². The number of aliphatic imine (C=N–C) groups is 1. The van der Waals surface area contributed by atoms with Gasteiger partial charge in [-0.05, 0) is 29.8 Å². The van der Waals surface area contributed by atoms with Crippen LogP contribution >= 0.6 is 15.9 Å². The summed E-state index contributed by atoms with van der Waals surface area (Å²) in [6, 6.07) is 11.3. The molecule has 7 nitrogen and oxygen atoms in total. The van der Waals surface area contributed by atoms with Crippen LogP contribution in [0.15, 0.2) is 57.6 Å². The summed E-state index contributed by atoms with van der Waals surface area (Å²) >= 11 is 3.34. The van der Waals surface area contributed by atoms with Crippen LogP contribution < -0.4 is 4.74 Å². The molecule has 0 saturated carbocycles. The number of rotatable bonds is 4. The van der Waals surface area contributed by atoms with E-state index in [2.05, 4.69) is 20.9 Å². The van der Waals surface area contributed by atoms with Gasteiger partial charge >= 0.3 is 5.97 Å². The van der Waals surface area contributed by atoms with Crippen LogP contribution in [-0.4, -0.2) is 23.9 Å². The molecule has 25 heavy (non-hydrogen) atoms. The van der Waals surface area contributed by atoms with Gasteiger partial charge < -0.3 is 9.47 Å². The monoisotopic (exact) mass is 402 g/mol. The first-order valence-corrected chi connectivity index (χ1v) is 7.88. The van der Waals surface area contributed by atoms with Crippen LogP contribution in [0.25, 0.3) is 6.08 Å². The van der Waals surface area contributed by atoms with Gasteiger partial charge in [-0.2, -0.15) is 0 Å². The van der Waals surface area contributed by atoms with Gasteiger partial charge in [-0.15, -0.1) is 0 Å². The van der Waals surface area contributed by atoms with Gasteiger partial charge in [0, 0.05) is 16.6 Å². The van der Waals surface area contributed by atoms with Crippen LogP contribution in [0.3, 0.4) is 0 Å². The third-order valence-corrected chi connectivity index (χ3v) is 3.95. The number of cyclic esters (lactones) is 1. The van der Waals surface area contributed by atoms with Crippen molar-refractivity contribution < 1.29 is 19.2 Å². The predicted molar refractivity (Wildman–Crippen MR) is 94.4 cm³/mol. The Labute approximate surface area is 150 Å². The molecule has 126 valence electrons. The molecule has 0 bridgehead atoms. The normalized spacial score (nSPS) is 15.0. The van der Waals surface area contributed by atoms with Crippen molar-refractivity contribution >= 4 is 39.6 Å². The lowest BCUT2D eigenvalue weighted by atomic mass is 10.1. The van der Waals surface area contributed by atoms with E-state index in [1.54, 1.807) is 6.08 Å². The van der Waals surface area contributed by atoms with Crippen molar-refractivity contribution in [1.82, 2.24) is 0 Å². The highest BCUT2D eigenvalue weighted by Gasteiger charge is 2.27.